The fraction of sp³-hybridized carbons (Fsp3) is 0.286. The molecule has 0 aromatic carbocycles. The molecular formula is C14H15N3O. The zero-order valence-electron chi connectivity index (χ0n) is 10.1. The van der Waals surface area contributed by atoms with Crippen molar-refractivity contribution in [2.45, 2.75) is 25.8 Å². The predicted molar refractivity (Wildman–Crippen MR) is 70.5 cm³/mol. The number of anilines is 1. The van der Waals surface area contributed by atoms with Crippen molar-refractivity contribution in [3.05, 3.63) is 57.8 Å². The first-order valence-electron chi connectivity index (χ1n) is 6.16. The van der Waals surface area contributed by atoms with Gasteiger partial charge in [-0.3, -0.25) is 9.78 Å². The number of aromatic nitrogens is 2. The largest absolute Gasteiger partial charge is 0.399 e. The second kappa shape index (κ2) is 4.29. The molecule has 2 N–H and O–H groups in total. The number of nitrogens with two attached hydrogens (primary N) is 1. The average molecular weight is 241 g/mol. The number of fused-ring (bicyclic) bond motifs is 1. The Balaban J connectivity index is 2.03. The lowest BCUT2D eigenvalue weighted by Crippen LogP contribution is -2.23. The minimum absolute atomic E-state index is 0.0416. The second-order valence-corrected chi connectivity index (χ2v) is 4.66. The van der Waals surface area contributed by atoms with Gasteiger partial charge in [0, 0.05) is 23.6 Å². The SMILES string of the molecule is Nc1ccnc(Cn2c3c(ccc2=O)CCC3)c1. The smallest absolute Gasteiger partial charge is 0.251 e. The number of hydrogen-bond donors (Lipinski definition) is 1. The summed E-state index contributed by atoms with van der Waals surface area (Å²) in [6.07, 6.45) is 4.86. The van der Waals surface area contributed by atoms with E-state index in [0.29, 0.717) is 12.2 Å². The van der Waals surface area contributed by atoms with Gasteiger partial charge in [0.15, 0.2) is 0 Å². The molecule has 0 saturated heterocycles. The van der Waals surface area contributed by atoms with Crippen LogP contribution in [-0.2, 0) is 19.4 Å². The van der Waals surface area contributed by atoms with Gasteiger partial charge in [0.05, 0.1) is 12.2 Å². The molecule has 0 saturated carbocycles. The highest BCUT2D eigenvalue weighted by Gasteiger charge is 2.15. The van der Waals surface area contributed by atoms with Crippen molar-refractivity contribution >= 4 is 5.69 Å². The normalized spacial score (nSPS) is 13.6. The fourth-order valence-corrected chi connectivity index (χ4v) is 2.55. The lowest BCUT2D eigenvalue weighted by molar-refractivity contribution is 0.693. The molecule has 92 valence electrons. The van der Waals surface area contributed by atoms with E-state index in [1.54, 1.807) is 18.3 Å². The van der Waals surface area contributed by atoms with Crippen LogP contribution in [0.2, 0.25) is 0 Å². The summed E-state index contributed by atoms with van der Waals surface area (Å²) >= 11 is 0. The maximum absolute atomic E-state index is 12.0. The quantitative estimate of drug-likeness (QED) is 0.863. The standard InChI is InChI=1S/C14H15N3O/c15-11-6-7-16-12(8-11)9-17-13-3-1-2-10(13)4-5-14(17)18/h4-8H,1-3,9H2,(H2,15,16). The third kappa shape index (κ3) is 1.90. The molecular weight excluding hydrogens is 226 g/mol. The van der Waals surface area contributed by atoms with Crippen molar-refractivity contribution in [1.82, 2.24) is 9.55 Å². The van der Waals surface area contributed by atoms with Crippen molar-refractivity contribution in [1.29, 1.82) is 0 Å². The Hall–Kier alpha value is -2.10. The van der Waals surface area contributed by atoms with E-state index in [4.69, 9.17) is 5.73 Å². The van der Waals surface area contributed by atoms with Crippen LogP contribution in [0.1, 0.15) is 23.4 Å². The summed E-state index contributed by atoms with van der Waals surface area (Å²) in [6, 6.07) is 7.17. The van der Waals surface area contributed by atoms with Gasteiger partial charge in [-0.15, -0.1) is 0 Å². The van der Waals surface area contributed by atoms with E-state index in [1.165, 1.54) is 5.56 Å². The molecule has 0 spiro atoms. The summed E-state index contributed by atoms with van der Waals surface area (Å²) in [5.41, 5.74) is 9.74. The lowest BCUT2D eigenvalue weighted by Gasteiger charge is -2.11. The van der Waals surface area contributed by atoms with Gasteiger partial charge in [0.25, 0.3) is 5.56 Å². The Morgan fingerprint density at radius 2 is 2.17 bits per heavy atom. The third-order valence-electron chi connectivity index (χ3n) is 3.41. The molecule has 1 aliphatic carbocycles. The summed E-state index contributed by atoms with van der Waals surface area (Å²) in [5, 5.41) is 0. The summed E-state index contributed by atoms with van der Waals surface area (Å²) in [6.45, 7) is 0.507. The van der Waals surface area contributed by atoms with Gasteiger partial charge in [0.1, 0.15) is 0 Å². The van der Waals surface area contributed by atoms with Gasteiger partial charge < -0.3 is 10.3 Å². The van der Waals surface area contributed by atoms with Gasteiger partial charge in [-0.25, -0.2) is 0 Å². The van der Waals surface area contributed by atoms with Crippen molar-refractivity contribution in [2.75, 3.05) is 5.73 Å². The number of aryl methyl sites for hydroxylation is 1. The van der Waals surface area contributed by atoms with Crippen LogP contribution in [-0.4, -0.2) is 9.55 Å². The number of nitrogens with zero attached hydrogens (tertiary/aromatic N) is 2. The number of pyridine rings is 2. The van der Waals surface area contributed by atoms with E-state index < -0.39 is 0 Å². The minimum atomic E-state index is 0.0416. The molecule has 1 aliphatic rings. The van der Waals surface area contributed by atoms with E-state index >= 15 is 0 Å². The van der Waals surface area contributed by atoms with Gasteiger partial charge in [0.2, 0.25) is 0 Å². The third-order valence-corrected chi connectivity index (χ3v) is 3.41. The zero-order valence-corrected chi connectivity index (χ0v) is 10.1. The van der Waals surface area contributed by atoms with Crippen LogP contribution >= 0.6 is 0 Å². The Morgan fingerprint density at radius 3 is 3.00 bits per heavy atom. The van der Waals surface area contributed by atoms with Crippen LogP contribution in [0.5, 0.6) is 0 Å². The Bertz CT molecular complexity index is 646. The van der Waals surface area contributed by atoms with Crippen LogP contribution in [0.3, 0.4) is 0 Å². The molecule has 0 fully saturated rings. The highest BCUT2D eigenvalue weighted by atomic mass is 16.1. The monoisotopic (exact) mass is 241 g/mol. The van der Waals surface area contributed by atoms with Crippen LogP contribution < -0.4 is 11.3 Å². The van der Waals surface area contributed by atoms with Gasteiger partial charge >= 0.3 is 0 Å². The van der Waals surface area contributed by atoms with E-state index in [0.717, 1.165) is 30.7 Å². The topological polar surface area (TPSA) is 60.9 Å². The molecule has 2 heterocycles. The number of nitrogen functional groups attached to an aromatic ring is 1. The molecule has 0 amide bonds. The molecule has 0 aliphatic heterocycles. The summed E-state index contributed by atoms with van der Waals surface area (Å²) in [4.78, 5) is 16.2. The van der Waals surface area contributed by atoms with Crippen LogP contribution in [0.25, 0.3) is 0 Å². The molecule has 0 bridgehead atoms. The first kappa shape index (κ1) is 11.0. The summed E-state index contributed by atoms with van der Waals surface area (Å²) in [7, 11) is 0. The molecule has 0 radical (unpaired) electrons. The van der Waals surface area contributed by atoms with Crippen molar-refractivity contribution in [3.63, 3.8) is 0 Å². The van der Waals surface area contributed by atoms with E-state index in [-0.39, 0.29) is 5.56 Å². The van der Waals surface area contributed by atoms with Crippen molar-refractivity contribution in [3.8, 4) is 0 Å². The zero-order chi connectivity index (χ0) is 12.5. The predicted octanol–water partition coefficient (Wildman–Crippen LogP) is 1.36. The fourth-order valence-electron chi connectivity index (χ4n) is 2.55. The highest BCUT2D eigenvalue weighted by molar-refractivity contribution is 5.37. The highest BCUT2D eigenvalue weighted by Crippen LogP contribution is 2.20. The number of hydrogen-bond acceptors (Lipinski definition) is 3. The minimum Gasteiger partial charge on any atom is -0.399 e. The first-order chi connectivity index (χ1) is 8.74. The molecule has 4 nitrogen and oxygen atoms in total. The second-order valence-electron chi connectivity index (χ2n) is 4.66. The maximum atomic E-state index is 12.0. The van der Waals surface area contributed by atoms with E-state index in [1.807, 2.05) is 16.7 Å². The Kier molecular flexibility index (Phi) is 2.63. The Morgan fingerprint density at radius 1 is 1.28 bits per heavy atom. The first-order valence-corrected chi connectivity index (χ1v) is 6.16. The molecule has 4 heteroatoms. The average Bonchev–Trinajstić information content (AvgIpc) is 2.81. The molecule has 0 unspecified atom stereocenters. The molecule has 2 aromatic heterocycles. The van der Waals surface area contributed by atoms with Crippen molar-refractivity contribution < 1.29 is 0 Å². The van der Waals surface area contributed by atoms with E-state index in [2.05, 4.69) is 4.98 Å². The van der Waals surface area contributed by atoms with Crippen LogP contribution in [0, 0.1) is 0 Å². The summed E-state index contributed by atoms with van der Waals surface area (Å²) in [5.74, 6) is 0. The van der Waals surface area contributed by atoms with Gasteiger partial charge in [-0.2, -0.15) is 0 Å². The van der Waals surface area contributed by atoms with Crippen LogP contribution in [0.15, 0.2) is 35.3 Å². The van der Waals surface area contributed by atoms with Gasteiger partial charge in [-0.1, -0.05) is 6.07 Å². The van der Waals surface area contributed by atoms with Gasteiger partial charge in [-0.05, 0) is 37.0 Å². The molecule has 2 aromatic rings. The Labute approximate surface area is 105 Å². The van der Waals surface area contributed by atoms with Crippen LogP contribution in [0.4, 0.5) is 5.69 Å². The maximum Gasteiger partial charge on any atom is 0.251 e. The lowest BCUT2D eigenvalue weighted by atomic mass is 10.2. The molecule has 3 rings (SSSR count). The number of rotatable bonds is 2. The van der Waals surface area contributed by atoms with E-state index in [9.17, 15) is 4.79 Å². The summed E-state index contributed by atoms with van der Waals surface area (Å²) < 4.78 is 1.82. The van der Waals surface area contributed by atoms with Crippen molar-refractivity contribution in [2.24, 2.45) is 0 Å². The molecule has 18 heavy (non-hydrogen) atoms. The molecule has 0 atom stereocenters.